The van der Waals surface area contributed by atoms with Gasteiger partial charge < -0.3 is 9.64 Å². The van der Waals surface area contributed by atoms with Crippen LogP contribution in [0, 0.1) is 3.57 Å². The molecule has 1 saturated heterocycles. The van der Waals surface area contributed by atoms with Crippen LogP contribution < -0.4 is 4.74 Å². The summed E-state index contributed by atoms with van der Waals surface area (Å²) in [4.78, 5) is 14.6. The van der Waals surface area contributed by atoms with Crippen LogP contribution in [0.4, 0.5) is 0 Å². The normalized spacial score (nSPS) is 18.0. The molecule has 3 rings (SSSR count). The molecule has 1 unspecified atom stereocenters. The summed E-state index contributed by atoms with van der Waals surface area (Å²) in [6.07, 6.45) is 1.43. The molecule has 5 nitrogen and oxygen atoms in total. The zero-order valence-electron chi connectivity index (χ0n) is 15.8. The van der Waals surface area contributed by atoms with Crippen molar-refractivity contribution in [1.29, 1.82) is 0 Å². The molecule has 0 bridgehead atoms. The molecular formula is C21H24INO4S. The van der Waals surface area contributed by atoms with E-state index in [0.717, 1.165) is 15.6 Å². The van der Waals surface area contributed by atoms with Crippen LogP contribution in [0.25, 0.3) is 0 Å². The Hall–Kier alpha value is -1.61. The van der Waals surface area contributed by atoms with Crippen molar-refractivity contribution in [3.63, 3.8) is 0 Å². The molecule has 1 amide bonds. The minimum Gasteiger partial charge on any atom is -0.484 e. The Morgan fingerprint density at radius 1 is 1.11 bits per heavy atom. The summed E-state index contributed by atoms with van der Waals surface area (Å²) in [5.41, 5.74) is 2.22. The van der Waals surface area contributed by atoms with Gasteiger partial charge in [-0.1, -0.05) is 31.2 Å². The van der Waals surface area contributed by atoms with Gasteiger partial charge in [-0.15, -0.1) is 0 Å². The topological polar surface area (TPSA) is 63.7 Å². The second-order valence-electron chi connectivity index (χ2n) is 6.99. The number of nitrogens with zero attached hydrogens (tertiary/aromatic N) is 1. The summed E-state index contributed by atoms with van der Waals surface area (Å²) < 4.78 is 30.6. The van der Waals surface area contributed by atoms with E-state index in [1.165, 1.54) is 5.56 Å². The lowest BCUT2D eigenvalue weighted by molar-refractivity contribution is -0.136. The highest BCUT2D eigenvalue weighted by Crippen LogP contribution is 2.21. The average Bonchev–Trinajstić information content (AvgIpc) is 3.05. The molecule has 1 aliphatic heterocycles. The second kappa shape index (κ2) is 9.26. The van der Waals surface area contributed by atoms with Crippen molar-refractivity contribution in [1.82, 2.24) is 4.90 Å². The van der Waals surface area contributed by atoms with Crippen molar-refractivity contribution in [2.24, 2.45) is 0 Å². The maximum Gasteiger partial charge on any atom is 0.261 e. The first-order chi connectivity index (χ1) is 13.4. The zero-order chi connectivity index (χ0) is 20.1. The number of carbonyl (C=O) groups excluding carboxylic acids is 1. The van der Waals surface area contributed by atoms with Gasteiger partial charge in [-0.25, -0.2) is 8.42 Å². The lowest BCUT2D eigenvalue weighted by Crippen LogP contribution is -2.43. The second-order valence-corrected chi connectivity index (χ2v) is 10.5. The molecule has 7 heteroatoms. The monoisotopic (exact) mass is 513 g/mol. The number of amides is 1. The molecule has 0 radical (unpaired) electrons. The molecular weight excluding hydrogens is 489 g/mol. The van der Waals surface area contributed by atoms with Gasteiger partial charge >= 0.3 is 0 Å². The van der Waals surface area contributed by atoms with Gasteiger partial charge in [-0.2, -0.15) is 0 Å². The molecule has 0 aromatic heterocycles. The third kappa shape index (κ3) is 5.70. The number of hydrogen-bond donors (Lipinski definition) is 0. The van der Waals surface area contributed by atoms with E-state index in [4.69, 9.17) is 4.74 Å². The Morgan fingerprint density at radius 2 is 1.75 bits per heavy atom. The lowest BCUT2D eigenvalue weighted by atomic mass is 10.1. The first-order valence-electron chi connectivity index (χ1n) is 9.32. The number of aryl methyl sites for hydroxylation is 1. The standard InChI is InChI=1S/C21H24INO4S/c1-2-16-3-5-17(6-4-16)13-23(19-11-12-28(25,26)15-19)21(24)14-27-20-9-7-18(22)8-10-20/h3-10,19H,2,11-15H2,1H3. The summed E-state index contributed by atoms with van der Waals surface area (Å²) in [6, 6.07) is 15.3. The number of sulfone groups is 1. The first kappa shape index (κ1) is 21.1. The highest BCUT2D eigenvalue weighted by Gasteiger charge is 2.34. The molecule has 0 aliphatic carbocycles. The van der Waals surface area contributed by atoms with Crippen LogP contribution in [0.3, 0.4) is 0 Å². The third-order valence-electron chi connectivity index (χ3n) is 4.93. The molecule has 0 saturated carbocycles. The van der Waals surface area contributed by atoms with Gasteiger partial charge in [0, 0.05) is 16.2 Å². The molecule has 1 heterocycles. The van der Waals surface area contributed by atoms with Crippen LogP contribution in [0.5, 0.6) is 5.75 Å². The number of halogens is 1. The van der Waals surface area contributed by atoms with E-state index in [-0.39, 0.29) is 30.1 Å². The molecule has 2 aromatic carbocycles. The predicted octanol–water partition coefficient (Wildman–Crippen LogP) is 3.45. The van der Waals surface area contributed by atoms with Crippen molar-refractivity contribution in [2.75, 3.05) is 18.1 Å². The molecule has 1 aliphatic rings. The van der Waals surface area contributed by atoms with Crippen molar-refractivity contribution in [3.8, 4) is 5.75 Å². The summed E-state index contributed by atoms with van der Waals surface area (Å²) in [5, 5.41) is 0. The highest BCUT2D eigenvalue weighted by molar-refractivity contribution is 14.1. The van der Waals surface area contributed by atoms with E-state index in [9.17, 15) is 13.2 Å². The number of rotatable bonds is 7. The fourth-order valence-electron chi connectivity index (χ4n) is 3.28. The Bertz CT molecular complexity index is 910. The minimum absolute atomic E-state index is 0.0231. The maximum atomic E-state index is 12.9. The highest BCUT2D eigenvalue weighted by atomic mass is 127. The van der Waals surface area contributed by atoms with Gasteiger partial charge in [-0.05, 0) is 70.8 Å². The number of hydrogen-bond acceptors (Lipinski definition) is 4. The van der Waals surface area contributed by atoms with Gasteiger partial charge in [0.1, 0.15) is 5.75 Å². The summed E-state index contributed by atoms with van der Waals surface area (Å²) in [6.45, 7) is 2.37. The number of ether oxygens (including phenoxy) is 1. The van der Waals surface area contributed by atoms with Gasteiger partial charge in [-0.3, -0.25) is 4.79 Å². The van der Waals surface area contributed by atoms with E-state index < -0.39 is 9.84 Å². The van der Waals surface area contributed by atoms with Crippen molar-refractivity contribution in [3.05, 3.63) is 63.2 Å². The van der Waals surface area contributed by atoms with Crippen LogP contribution in [0.2, 0.25) is 0 Å². The van der Waals surface area contributed by atoms with Crippen LogP contribution in [-0.4, -0.2) is 43.4 Å². The van der Waals surface area contributed by atoms with E-state index in [2.05, 4.69) is 29.5 Å². The Morgan fingerprint density at radius 3 is 2.32 bits per heavy atom. The molecule has 0 N–H and O–H groups in total. The van der Waals surface area contributed by atoms with E-state index >= 15 is 0 Å². The SMILES string of the molecule is CCc1ccc(CN(C(=O)COc2ccc(I)cc2)C2CCS(=O)(=O)C2)cc1. The summed E-state index contributed by atoms with van der Waals surface area (Å²) in [7, 11) is -3.08. The van der Waals surface area contributed by atoms with E-state index in [1.54, 1.807) is 4.90 Å². The van der Waals surface area contributed by atoms with Crippen LogP contribution in [-0.2, 0) is 27.6 Å². The van der Waals surface area contributed by atoms with E-state index in [0.29, 0.717) is 18.7 Å². The smallest absolute Gasteiger partial charge is 0.261 e. The minimum atomic E-state index is -3.08. The van der Waals surface area contributed by atoms with Gasteiger partial charge in [0.2, 0.25) is 0 Å². The zero-order valence-corrected chi connectivity index (χ0v) is 18.8. The summed E-state index contributed by atoms with van der Waals surface area (Å²) in [5.74, 6) is 0.587. The quantitative estimate of drug-likeness (QED) is 0.533. The van der Waals surface area contributed by atoms with Crippen molar-refractivity contribution >= 4 is 38.3 Å². The number of benzene rings is 2. The lowest BCUT2D eigenvalue weighted by Gasteiger charge is -2.28. The molecule has 1 fully saturated rings. The van der Waals surface area contributed by atoms with Crippen molar-refractivity contribution < 1.29 is 17.9 Å². The molecule has 28 heavy (non-hydrogen) atoms. The molecule has 1 atom stereocenters. The largest absolute Gasteiger partial charge is 0.484 e. The Labute approximate surface area is 180 Å². The van der Waals surface area contributed by atoms with E-state index in [1.807, 2.05) is 48.5 Å². The van der Waals surface area contributed by atoms with Crippen LogP contribution in [0.15, 0.2) is 48.5 Å². The van der Waals surface area contributed by atoms with Crippen LogP contribution >= 0.6 is 22.6 Å². The fraction of sp³-hybridized carbons (Fsp3) is 0.381. The van der Waals surface area contributed by atoms with Gasteiger partial charge in [0.05, 0.1) is 11.5 Å². The van der Waals surface area contributed by atoms with Gasteiger partial charge in [0.25, 0.3) is 5.91 Å². The predicted molar refractivity (Wildman–Crippen MR) is 118 cm³/mol. The van der Waals surface area contributed by atoms with Crippen molar-refractivity contribution in [2.45, 2.75) is 32.4 Å². The van der Waals surface area contributed by atoms with Crippen LogP contribution in [0.1, 0.15) is 24.5 Å². The first-order valence-corrected chi connectivity index (χ1v) is 12.2. The maximum absolute atomic E-state index is 12.9. The summed E-state index contributed by atoms with van der Waals surface area (Å²) >= 11 is 2.21. The Balaban J connectivity index is 1.72. The average molecular weight is 513 g/mol. The van der Waals surface area contributed by atoms with Gasteiger partial charge in [0.15, 0.2) is 16.4 Å². The number of carbonyl (C=O) groups is 1. The molecule has 2 aromatic rings. The fourth-order valence-corrected chi connectivity index (χ4v) is 5.37. The third-order valence-corrected chi connectivity index (χ3v) is 7.40. The Kier molecular flexibility index (Phi) is 6.98. The molecule has 0 spiro atoms. The molecule has 150 valence electrons.